The molecule has 0 spiro atoms. The Bertz CT molecular complexity index is 937. The van der Waals surface area contributed by atoms with Crippen molar-refractivity contribution >= 4 is 0 Å². The van der Waals surface area contributed by atoms with E-state index in [-0.39, 0.29) is 13.2 Å². The molecule has 19 unspecified atom stereocenters. The Kier molecular flexibility index (Phi) is 17.2. The van der Waals surface area contributed by atoms with Gasteiger partial charge in [0.25, 0.3) is 0 Å². The molecule has 22 heteroatoms. The molecule has 3 saturated heterocycles. The molecule has 19 atom stereocenters. The number of hydrogen-bond donors (Lipinski definition) is 14. The summed E-state index contributed by atoms with van der Waals surface area (Å²) in [5, 5.41) is 132. The smallest absolute Gasteiger partial charge is 0.187 e. The first-order valence-electron chi connectivity index (χ1n) is 15.7. The van der Waals surface area contributed by atoms with Crippen molar-refractivity contribution in [3.63, 3.8) is 0 Å². The Morgan fingerprint density at radius 1 is 0.612 bits per heavy atom. The van der Waals surface area contributed by atoms with Gasteiger partial charge in [-0.15, -0.1) is 0 Å². The van der Waals surface area contributed by atoms with E-state index in [0.29, 0.717) is 0 Å². The van der Waals surface area contributed by atoms with Gasteiger partial charge in [0.15, 0.2) is 25.2 Å². The molecule has 0 saturated carbocycles. The van der Waals surface area contributed by atoms with Crippen LogP contribution in [0.2, 0.25) is 0 Å². The topological polar surface area (TPSA) is 363 Å². The van der Waals surface area contributed by atoms with Crippen molar-refractivity contribution in [3.8, 4) is 0 Å². The molecule has 3 heterocycles. The third-order valence-corrected chi connectivity index (χ3v) is 8.33. The van der Waals surface area contributed by atoms with Crippen LogP contribution in [-0.4, -0.2) is 229 Å². The monoisotopic (exact) mass is 725 g/mol. The molecule has 3 fully saturated rings. The van der Waals surface area contributed by atoms with Crippen molar-refractivity contribution in [3.05, 3.63) is 0 Å². The summed E-state index contributed by atoms with van der Waals surface area (Å²) in [6.07, 6.45) is -31.4. The minimum Gasteiger partial charge on any atom is -0.394 e. The van der Waals surface area contributed by atoms with Crippen molar-refractivity contribution in [1.82, 2.24) is 0 Å². The van der Waals surface area contributed by atoms with Crippen LogP contribution >= 0.6 is 0 Å². The van der Waals surface area contributed by atoms with Crippen LogP contribution in [0.1, 0.15) is 6.92 Å². The van der Waals surface area contributed by atoms with Crippen molar-refractivity contribution in [2.45, 2.75) is 124 Å². The molecule has 0 bridgehead atoms. The van der Waals surface area contributed by atoms with Gasteiger partial charge in [0.2, 0.25) is 0 Å². The van der Waals surface area contributed by atoms with E-state index < -0.39 is 150 Å². The predicted molar refractivity (Wildman–Crippen MR) is 153 cm³/mol. The van der Waals surface area contributed by atoms with Crippen LogP contribution in [-0.2, 0) is 37.9 Å². The maximum absolute atomic E-state index is 11.0. The summed E-state index contributed by atoms with van der Waals surface area (Å²) in [7, 11) is 0. The van der Waals surface area contributed by atoms with Gasteiger partial charge in [-0.05, 0) is 6.92 Å². The Morgan fingerprint density at radius 2 is 1.08 bits per heavy atom. The van der Waals surface area contributed by atoms with Gasteiger partial charge < -0.3 is 110 Å². The highest BCUT2D eigenvalue weighted by Crippen LogP contribution is 2.33. The van der Waals surface area contributed by atoms with Crippen LogP contribution in [0.25, 0.3) is 0 Å². The van der Waals surface area contributed by atoms with E-state index in [1.807, 2.05) is 0 Å². The first kappa shape index (κ1) is 42.5. The fraction of sp³-hybridized carbons (Fsp3) is 1.00. The highest BCUT2D eigenvalue weighted by Gasteiger charge is 2.53. The molecule has 49 heavy (non-hydrogen) atoms. The van der Waals surface area contributed by atoms with Gasteiger partial charge in [0.1, 0.15) is 85.5 Å². The summed E-state index contributed by atoms with van der Waals surface area (Å²) in [5.41, 5.74) is 5.40. The molecule has 0 aliphatic carbocycles. The van der Waals surface area contributed by atoms with E-state index in [1.165, 1.54) is 6.92 Å². The van der Waals surface area contributed by atoms with Gasteiger partial charge in [-0.2, -0.15) is 0 Å². The quantitative estimate of drug-likeness (QED) is 0.0583. The number of rotatable bonds is 18. The number of aliphatic hydroxyl groups excluding tert-OH is 13. The van der Waals surface area contributed by atoms with Crippen LogP contribution < -0.4 is 5.73 Å². The normalized spacial score (nSPS) is 42.8. The lowest BCUT2D eigenvalue weighted by Gasteiger charge is -2.48. The second kappa shape index (κ2) is 19.8. The maximum Gasteiger partial charge on any atom is 0.187 e. The van der Waals surface area contributed by atoms with Crippen LogP contribution in [0.3, 0.4) is 0 Å². The lowest BCUT2D eigenvalue weighted by Crippen LogP contribution is -2.66. The molecular weight excluding hydrogens is 674 g/mol. The van der Waals surface area contributed by atoms with E-state index >= 15 is 0 Å². The zero-order valence-electron chi connectivity index (χ0n) is 26.6. The minimum atomic E-state index is -2.00. The molecule has 3 aliphatic rings. The van der Waals surface area contributed by atoms with Crippen LogP contribution in [0.4, 0.5) is 0 Å². The lowest BCUT2D eigenvalue weighted by atomic mass is 9.96. The summed E-state index contributed by atoms with van der Waals surface area (Å²) < 4.78 is 44.0. The minimum absolute atomic E-state index is 0.0542. The molecule has 290 valence electrons. The Balaban J connectivity index is 1.67. The SMILES string of the molecule is CC(OC1OC(CO)C(OC2OC(CO)C(OC3OC(CO)C(O)C(O)C3O)C(O)C2O)C(O)C1O)C(CO)OC(OCCN)C(O)CO. The number of aliphatic hydroxyl groups is 13. The second-order valence-electron chi connectivity index (χ2n) is 11.8. The summed E-state index contributed by atoms with van der Waals surface area (Å²) in [6.45, 7) is -2.58. The molecule has 15 N–H and O–H groups in total. The summed E-state index contributed by atoms with van der Waals surface area (Å²) in [4.78, 5) is 0. The van der Waals surface area contributed by atoms with Gasteiger partial charge in [-0.25, -0.2) is 0 Å². The Hall–Kier alpha value is -0.880. The standard InChI is InChI=1S/C27H51NO21/c1-9(11(5-30)44-24(10(34)4-29)42-3-2-28)43-25-20(40)17(37)22(13(7-32)46-25)49-27-21(41)18(38)23(14(8-33)47-27)48-26-19(39)16(36)15(35)12(6-31)45-26/h9-27,29-41H,2-8,28H2,1H3. The number of nitrogens with two attached hydrogens (primary N) is 1. The average molecular weight is 726 g/mol. The van der Waals surface area contributed by atoms with Gasteiger partial charge >= 0.3 is 0 Å². The molecule has 3 aliphatic heterocycles. The zero-order valence-corrected chi connectivity index (χ0v) is 26.6. The molecule has 0 aromatic rings. The fourth-order valence-corrected chi connectivity index (χ4v) is 5.44. The Labute approximate surface area is 280 Å². The van der Waals surface area contributed by atoms with Crippen molar-refractivity contribution < 1.29 is 104 Å². The molecule has 22 nitrogen and oxygen atoms in total. The highest BCUT2D eigenvalue weighted by atomic mass is 16.8. The third kappa shape index (κ3) is 10.2. The van der Waals surface area contributed by atoms with Gasteiger partial charge in [0, 0.05) is 6.54 Å². The fourth-order valence-electron chi connectivity index (χ4n) is 5.44. The number of hydrogen-bond acceptors (Lipinski definition) is 22. The van der Waals surface area contributed by atoms with E-state index in [1.54, 1.807) is 0 Å². The van der Waals surface area contributed by atoms with Crippen molar-refractivity contribution in [2.75, 3.05) is 46.2 Å². The maximum atomic E-state index is 11.0. The molecule has 0 amide bonds. The average Bonchev–Trinajstić information content (AvgIpc) is 3.10. The van der Waals surface area contributed by atoms with E-state index in [2.05, 4.69) is 0 Å². The molecular formula is C27H51NO21. The zero-order chi connectivity index (χ0) is 36.6. The largest absolute Gasteiger partial charge is 0.394 e. The third-order valence-electron chi connectivity index (χ3n) is 8.33. The highest BCUT2D eigenvalue weighted by molar-refractivity contribution is 4.96. The number of ether oxygens (including phenoxy) is 8. The van der Waals surface area contributed by atoms with Gasteiger partial charge in [0.05, 0.1) is 45.7 Å². The first-order valence-corrected chi connectivity index (χ1v) is 15.7. The van der Waals surface area contributed by atoms with Gasteiger partial charge in [-0.1, -0.05) is 0 Å². The molecule has 0 radical (unpaired) electrons. The van der Waals surface area contributed by atoms with E-state index in [9.17, 15) is 66.4 Å². The van der Waals surface area contributed by atoms with E-state index in [0.717, 1.165) is 0 Å². The predicted octanol–water partition coefficient (Wildman–Crippen LogP) is -9.13. The summed E-state index contributed by atoms with van der Waals surface area (Å²) in [6, 6.07) is 0. The van der Waals surface area contributed by atoms with Crippen LogP contribution in [0, 0.1) is 0 Å². The molecule has 3 rings (SSSR count). The van der Waals surface area contributed by atoms with Gasteiger partial charge in [-0.3, -0.25) is 0 Å². The first-order chi connectivity index (χ1) is 23.3. The van der Waals surface area contributed by atoms with Crippen molar-refractivity contribution in [2.24, 2.45) is 5.73 Å². The van der Waals surface area contributed by atoms with Crippen LogP contribution in [0.15, 0.2) is 0 Å². The lowest BCUT2D eigenvalue weighted by molar-refractivity contribution is -0.382. The van der Waals surface area contributed by atoms with E-state index in [4.69, 9.17) is 43.6 Å². The van der Waals surface area contributed by atoms with Crippen LogP contribution in [0.5, 0.6) is 0 Å². The molecule has 0 aromatic carbocycles. The molecule has 0 aromatic heterocycles. The summed E-state index contributed by atoms with van der Waals surface area (Å²) >= 11 is 0. The second-order valence-corrected chi connectivity index (χ2v) is 11.8. The Morgan fingerprint density at radius 3 is 1.55 bits per heavy atom. The summed E-state index contributed by atoms with van der Waals surface area (Å²) in [5.74, 6) is 0. The van der Waals surface area contributed by atoms with Crippen molar-refractivity contribution in [1.29, 1.82) is 0 Å².